The Labute approximate surface area is 128 Å². The smallest absolute Gasteiger partial charge is 0.241 e. The Morgan fingerprint density at radius 3 is 2.33 bits per heavy atom. The van der Waals surface area contributed by atoms with Crippen LogP contribution in [-0.2, 0) is 16.6 Å². The second-order valence-corrected chi connectivity index (χ2v) is 8.06. The summed E-state index contributed by atoms with van der Waals surface area (Å²) >= 11 is 0. The minimum atomic E-state index is -3.45. The molecule has 0 aliphatic heterocycles. The number of hydrogen-bond donors (Lipinski definition) is 2. The van der Waals surface area contributed by atoms with Crippen molar-refractivity contribution >= 4 is 10.0 Å². The number of hydrogen-bond acceptors (Lipinski definition) is 3. The highest BCUT2D eigenvalue weighted by atomic mass is 32.2. The van der Waals surface area contributed by atoms with Crippen LogP contribution >= 0.6 is 0 Å². The van der Waals surface area contributed by atoms with E-state index in [9.17, 15) is 8.42 Å². The van der Waals surface area contributed by atoms with Crippen molar-refractivity contribution in [3.8, 4) is 0 Å². The van der Waals surface area contributed by atoms with Gasteiger partial charge in [-0.15, -0.1) is 0 Å². The van der Waals surface area contributed by atoms with Crippen molar-refractivity contribution in [1.29, 1.82) is 0 Å². The van der Waals surface area contributed by atoms with E-state index in [-0.39, 0.29) is 6.04 Å². The summed E-state index contributed by atoms with van der Waals surface area (Å²) in [6.07, 6.45) is 3.05. The quantitative estimate of drug-likeness (QED) is 0.878. The first kappa shape index (κ1) is 16.5. The predicted octanol–water partition coefficient (Wildman–Crippen LogP) is 2.51. The molecule has 1 aliphatic rings. The SMILES string of the molecule is CNCc1ccccc1S(=O)(=O)NC1CC(C)CC(C)C1. The van der Waals surface area contributed by atoms with Gasteiger partial charge in [-0.3, -0.25) is 0 Å². The van der Waals surface area contributed by atoms with Crippen LogP contribution in [0.5, 0.6) is 0 Å². The van der Waals surface area contributed by atoms with Gasteiger partial charge in [-0.1, -0.05) is 32.0 Å². The second-order valence-electron chi connectivity index (χ2n) is 6.37. The van der Waals surface area contributed by atoms with Crippen molar-refractivity contribution < 1.29 is 8.42 Å². The van der Waals surface area contributed by atoms with Gasteiger partial charge < -0.3 is 5.32 Å². The van der Waals surface area contributed by atoms with Crippen molar-refractivity contribution in [2.24, 2.45) is 11.8 Å². The van der Waals surface area contributed by atoms with Crippen molar-refractivity contribution in [3.63, 3.8) is 0 Å². The molecule has 4 nitrogen and oxygen atoms in total. The van der Waals surface area contributed by atoms with Crippen LogP contribution in [0.4, 0.5) is 0 Å². The van der Waals surface area contributed by atoms with Gasteiger partial charge in [0.05, 0.1) is 4.90 Å². The molecule has 1 aliphatic carbocycles. The van der Waals surface area contributed by atoms with E-state index in [1.807, 2.05) is 19.2 Å². The van der Waals surface area contributed by atoms with E-state index in [1.54, 1.807) is 12.1 Å². The fraction of sp³-hybridized carbons (Fsp3) is 0.625. The minimum absolute atomic E-state index is 0.0522. The molecule has 21 heavy (non-hydrogen) atoms. The standard InChI is InChI=1S/C16H26N2O2S/c1-12-8-13(2)10-15(9-12)18-21(19,20)16-7-5-4-6-14(16)11-17-3/h4-7,12-13,15,17-18H,8-11H2,1-3H3. The van der Waals surface area contributed by atoms with Crippen LogP contribution in [0.3, 0.4) is 0 Å². The lowest BCUT2D eigenvalue weighted by molar-refractivity contribution is 0.257. The maximum absolute atomic E-state index is 12.7. The molecule has 0 spiro atoms. The van der Waals surface area contributed by atoms with E-state index in [1.165, 1.54) is 6.42 Å². The molecule has 1 fully saturated rings. The molecule has 0 amide bonds. The molecule has 1 aromatic rings. The van der Waals surface area contributed by atoms with Crippen molar-refractivity contribution in [3.05, 3.63) is 29.8 Å². The lowest BCUT2D eigenvalue weighted by Gasteiger charge is -2.31. The van der Waals surface area contributed by atoms with Gasteiger partial charge in [-0.2, -0.15) is 0 Å². The van der Waals surface area contributed by atoms with Crippen LogP contribution in [0, 0.1) is 11.8 Å². The molecule has 118 valence electrons. The predicted molar refractivity (Wildman–Crippen MR) is 85.5 cm³/mol. The molecule has 0 saturated heterocycles. The van der Waals surface area contributed by atoms with Gasteiger partial charge in [0.1, 0.15) is 0 Å². The van der Waals surface area contributed by atoms with Crippen LogP contribution in [0.15, 0.2) is 29.2 Å². The highest BCUT2D eigenvalue weighted by molar-refractivity contribution is 7.89. The van der Waals surface area contributed by atoms with E-state index in [0.717, 1.165) is 18.4 Å². The van der Waals surface area contributed by atoms with Crippen LogP contribution in [0.1, 0.15) is 38.7 Å². The average molecular weight is 310 g/mol. The monoisotopic (exact) mass is 310 g/mol. The Morgan fingerprint density at radius 1 is 1.10 bits per heavy atom. The maximum Gasteiger partial charge on any atom is 0.241 e. The summed E-state index contributed by atoms with van der Waals surface area (Å²) in [5.74, 6) is 1.16. The molecule has 5 heteroatoms. The third kappa shape index (κ3) is 4.28. The van der Waals surface area contributed by atoms with E-state index in [2.05, 4.69) is 23.9 Å². The lowest BCUT2D eigenvalue weighted by atomic mass is 9.81. The molecule has 0 radical (unpaired) electrons. The Hall–Kier alpha value is -0.910. The van der Waals surface area contributed by atoms with Gasteiger partial charge in [0.25, 0.3) is 0 Å². The Morgan fingerprint density at radius 2 is 1.71 bits per heavy atom. The largest absolute Gasteiger partial charge is 0.316 e. The first-order chi connectivity index (χ1) is 9.92. The van der Waals surface area contributed by atoms with Crippen LogP contribution in [0.2, 0.25) is 0 Å². The van der Waals surface area contributed by atoms with Gasteiger partial charge in [-0.25, -0.2) is 13.1 Å². The maximum atomic E-state index is 12.7. The van der Waals surface area contributed by atoms with E-state index in [4.69, 9.17) is 0 Å². The summed E-state index contributed by atoms with van der Waals surface area (Å²) in [4.78, 5) is 0.394. The second kappa shape index (κ2) is 6.90. The molecule has 0 heterocycles. The molecular formula is C16H26N2O2S. The minimum Gasteiger partial charge on any atom is -0.316 e. The zero-order valence-corrected chi connectivity index (χ0v) is 13.9. The number of rotatable bonds is 5. The Kier molecular flexibility index (Phi) is 5.41. The van der Waals surface area contributed by atoms with Crippen molar-refractivity contribution in [1.82, 2.24) is 10.0 Å². The number of sulfonamides is 1. The summed E-state index contributed by atoms with van der Waals surface area (Å²) < 4.78 is 28.3. The van der Waals surface area contributed by atoms with Crippen LogP contribution in [0.25, 0.3) is 0 Å². The highest BCUT2D eigenvalue weighted by Gasteiger charge is 2.28. The average Bonchev–Trinajstić information content (AvgIpc) is 2.37. The van der Waals surface area contributed by atoms with Gasteiger partial charge in [0.2, 0.25) is 10.0 Å². The van der Waals surface area contributed by atoms with E-state index < -0.39 is 10.0 Å². The summed E-state index contributed by atoms with van der Waals surface area (Å²) in [7, 11) is -1.63. The summed E-state index contributed by atoms with van der Waals surface area (Å²) in [6, 6.07) is 7.24. The molecule has 2 N–H and O–H groups in total. The molecule has 2 rings (SSSR count). The molecule has 0 bridgehead atoms. The topological polar surface area (TPSA) is 58.2 Å². The fourth-order valence-corrected chi connectivity index (χ4v) is 4.93. The fourth-order valence-electron chi connectivity index (χ4n) is 3.43. The first-order valence-electron chi connectivity index (χ1n) is 7.67. The van der Waals surface area contributed by atoms with Crippen LogP contribution < -0.4 is 10.0 Å². The van der Waals surface area contributed by atoms with Crippen molar-refractivity contribution in [2.75, 3.05) is 7.05 Å². The first-order valence-corrected chi connectivity index (χ1v) is 9.15. The highest BCUT2D eigenvalue weighted by Crippen LogP contribution is 2.29. The van der Waals surface area contributed by atoms with Gasteiger partial charge in [0.15, 0.2) is 0 Å². The molecule has 2 atom stereocenters. The molecule has 1 aromatic carbocycles. The third-order valence-corrected chi connectivity index (χ3v) is 5.75. The molecule has 1 saturated carbocycles. The summed E-state index contributed by atoms with van der Waals surface area (Å²) in [5.41, 5.74) is 0.810. The van der Waals surface area contributed by atoms with Gasteiger partial charge in [-0.05, 0) is 49.8 Å². The summed E-state index contributed by atoms with van der Waals surface area (Å²) in [6.45, 7) is 4.95. The third-order valence-electron chi connectivity index (χ3n) is 4.13. The molecular weight excluding hydrogens is 284 g/mol. The van der Waals surface area contributed by atoms with Gasteiger partial charge >= 0.3 is 0 Å². The molecule has 2 unspecified atom stereocenters. The zero-order chi connectivity index (χ0) is 15.5. The van der Waals surface area contributed by atoms with Crippen molar-refractivity contribution in [2.45, 2.75) is 50.6 Å². The van der Waals surface area contributed by atoms with E-state index >= 15 is 0 Å². The summed E-state index contributed by atoms with van der Waals surface area (Å²) in [5, 5.41) is 3.02. The van der Waals surface area contributed by atoms with Crippen LogP contribution in [-0.4, -0.2) is 21.5 Å². The lowest BCUT2D eigenvalue weighted by Crippen LogP contribution is -2.40. The van der Waals surface area contributed by atoms with E-state index in [0.29, 0.717) is 23.3 Å². The zero-order valence-electron chi connectivity index (χ0n) is 13.1. The number of benzene rings is 1. The number of nitrogens with one attached hydrogen (secondary N) is 2. The Balaban J connectivity index is 2.18. The van der Waals surface area contributed by atoms with Gasteiger partial charge in [0, 0.05) is 12.6 Å². The molecule has 0 aromatic heterocycles. The Bertz CT molecular complexity index is 561. The normalized spacial score (nSPS) is 26.7.